The predicted molar refractivity (Wildman–Crippen MR) is 62.9 cm³/mol. The number of pyridine rings is 1. The molecule has 88 valence electrons. The lowest BCUT2D eigenvalue weighted by Gasteiger charge is -2.17. The zero-order chi connectivity index (χ0) is 12.3. The molecule has 4 N–H and O–H groups in total. The molecule has 0 aromatic carbocycles. The summed E-state index contributed by atoms with van der Waals surface area (Å²) in [7, 11) is 0. The predicted octanol–water partition coefficient (Wildman–Crippen LogP) is 1.55. The van der Waals surface area contributed by atoms with Crippen molar-refractivity contribution in [2.24, 2.45) is 5.73 Å². The van der Waals surface area contributed by atoms with Gasteiger partial charge in [-0.2, -0.15) is 0 Å². The van der Waals surface area contributed by atoms with Gasteiger partial charge in [-0.1, -0.05) is 5.57 Å². The molecular weight excluding hydrogens is 204 g/mol. The van der Waals surface area contributed by atoms with Crippen LogP contribution in [-0.2, 0) is 6.61 Å². The maximum Gasteiger partial charge on any atom is 0.141 e. The molecule has 0 aliphatic carbocycles. The van der Waals surface area contributed by atoms with Crippen molar-refractivity contribution in [2.75, 3.05) is 0 Å². The Kier molecular flexibility index (Phi) is 4.04. The molecule has 0 amide bonds. The fraction of sp³-hybridized carbons (Fsp3) is 0.417. The molecule has 16 heavy (non-hydrogen) atoms. The largest absolute Gasteiger partial charge is 0.506 e. The highest BCUT2D eigenvalue weighted by Crippen LogP contribution is 2.31. The quantitative estimate of drug-likeness (QED) is 0.675. The van der Waals surface area contributed by atoms with Crippen LogP contribution >= 0.6 is 0 Å². The van der Waals surface area contributed by atoms with Gasteiger partial charge in [0.25, 0.3) is 0 Å². The van der Waals surface area contributed by atoms with Crippen molar-refractivity contribution >= 4 is 0 Å². The summed E-state index contributed by atoms with van der Waals surface area (Å²) in [5, 5.41) is 19.1. The molecule has 0 radical (unpaired) electrons. The number of aryl methyl sites for hydroxylation is 1. The van der Waals surface area contributed by atoms with Gasteiger partial charge in [0.05, 0.1) is 12.3 Å². The topological polar surface area (TPSA) is 79.4 Å². The summed E-state index contributed by atoms with van der Waals surface area (Å²) in [4.78, 5) is 3.98. The molecule has 1 atom stereocenters. The van der Waals surface area contributed by atoms with Gasteiger partial charge in [-0.05, 0) is 20.3 Å². The summed E-state index contributed by atoms with van der Waals surface area (Å²) in [5.41, 5.74) is 8.57. The smallest absolute Gasteiger partial charge is 0.141 e. The molecule has 0 aliphatic rings. The summed E-state index contributed by atoms with van der Waals surface area (Å²) in [6, 6.07) is -0.360. The Morgan fingerprint density at radius 2 is 2.25 bits per heavy atom. The first-order valence-corrected chi connectivity index (χ1v) is 5.15. The van der Waals surface area contributed by atoms with E-state index < -0.39 is 0 Å². The van der Waals surface area contributed by atoms with Gasteiger partial charge in [0.2, 0.25) is 0 Å². The molecule has 0 spiro atoms. The lowest BCUT2D eigenvalue weighted by atomic mass is 9.96. The van der Waals surface area contributed by atoms with Gasteiger partial charge in [0.15, 0.2) is 0 Å². The van der Waals surface area contributed by atoms with E-state index in [1.54, 1.807) is 13.1 Å². The molecule has 0 saturated carbocycles. The van der Waals surface area contributed by atoms with E-state index in [0.29, 0.717) is 23.2 Å². The van der Waals surface area contributed by atoms with Gasteiger partial charge in [-0.15, -0.1) is 6.58 Å². The highest BCUT2D eigenvalue weighted by molar-refractivity contribution is 5.43. The Labute approximate surface area is 95.4 Å². The molecule has 1 heterocycles. The van der Waals surface area contributed by atoms with E-state index in [1.165, 1.54) is 0 Å². The SMILES string of the molecule is C=C(C)C[C@@H](N)c1c(CO)cnc(C)c1O. The minimum Gasteiger partial charge on any atom is -0.506 e. The van der Waals surface area contributed by atoms with Crippen LogP contribution in [0.3, 0.4) is 0 Å². The Balaban J connectivity index is 3.18. The first kappa shape index (κ1) is 12.7. The number of aliphatic hydroxyl groups is 1. The first-order chi connectivity index (χ1) is 7.47. The number of aromatic hydroxyl groups is 1. The first-order valence-electron chi connectivity index (χ1n) is 5.15. The fourth-order valence-corrected chi connectivity index (χ4v) is 1.67. The van der Waals surface area contributed by atoms with Crippen LogP contribution in [0, 0.1) is 6.92 Å². The van der Waals surface area contributed by atoms with E-state index in [1.807, 2.05) is 6.92 Å². The molecule has 4 nitrogen and oxygen atoms in total. The number of nitrogens with zero attached hydrogens (tertiary/aromatic N) is 1. The number of hydrogen-bond donors (Lipinski definition) is 3. The zero-order valence-corrected chi connectivity index (χ0v) is 9.70. The lowest BCUT2D eigenvalue weighted by Crippen LogP contribution is -2.14. The molecule has 0 aliphatic heterocycles. The van der Waals surface area contributed by atoms with E-state index >= 15 is 0 Å². The number of hydrogen-bond acceptors (Lipinski definition) is 4. The van der Waals surface area contributed by atoms with Crippen molar-refractivity contribution in [3.05, 3.63) is 35.2 Å². The number of aromatic nitrogens is 1. The standard InChI is InChI=1S/C12H18N2O2/c1-7(2)4-10(13)11-9(6-15)5-14-8(3)12(11)16/h5,10,15-16H,1,4,6,13H2,2-3H3/t10-/m1/s1. The summed E-state index contributed by atoms with van der Waals surface area (Å²) >= 11 is 0. The van der Waals surface area contributed by atoms with Crippen LogP contribution in [0.15, 0.2) is 18.3 Å². The average molecular weight is 222 g/mol. The van der Waals surface area contributed by atoms with Crippen LogP contribution in [0.4, 0.5) is 0 Å². The molecule has 1 aromatic rings. The van der Waals surface area contributed by atoms with Gasteiger partial charge in [-0.3, -0.25) is 4.98 Å². The zero-order valence-electron chi connectivity index (χ0n) is 9.70. The number of nitrogens with two attached hydrogens (primary N) is 1. The fourth-order valence-electron chi connectivity index (χ4n) is 1.67. The maximum atomic E-state index is 9.91. The molecule has 0 saturated heterocycles. The van der Waals surface area contributed by atoms with Crippen molar-refractivity contribution in [1.82, 2.24) is 4.98 Å². The summed E-state index contributed by atoms with van der Waals surface area (Å²) in [5.74, 6) is 0.0697. The molecule has 1 aromatic heterocycles. The van der Waals surface area contributed by atoms with Gasteiger partial charge >= 0.3 is 0 Å². The Hall–Kier alpha value is -1.39. The van der Waals surface area contributed by atoms with E-state index in [0.717, 1.165) is 5.57 Å². The third-order valence-electron chi connectivity index (χ3n) is 2.47. The van der Waals surface area contributed by atoms with Crippen molar-refractivity contribution in [1.29, 1.82) is 0 Å². The van der Waals surface area contributed by atoms with Crippen LogP contribution in [0.25, 0.3) is 0 Å². The van der Waals surface area contributed by atoms with E-state index in [2.05, 4.69) is 11.6 Å². The van der Waals surface area contributed by atoms with Crippen molar-refractivity contribution < 1.29 is 10.2 Å². The van der Waals surface area contributed by atoms with Gasteiger partial charge in [-0.25, -0.2) is 0 Å². The van der Waals surface area contributed by atoms with Crippen LogP contribution < -0.4 is 5.73 Å². The van der Waals surface area contributed by atoms with Crippen LogP contribution in [0.1, 0.15) is 36.2 Å². The summed E-state index contributed by atoms with van der Waals surface area (Å²) < 4.78 is 0. The Bertz CT molecular complexity index is 402. The second kappa shape index (κ2) is 5.09. The second-order valence-corrected chi connectivity index (χ2v) is 4.06. The monoisotopic (exact) mass is 222 g/mol. The normalized spacial score (nSPS) is 12.5. The molecule has 0 bridgehead atoms. The van der Waals surface area contributed by atoms with Gasteiger partial charge in [0, 0.05) is 23.4 Å². The summed E-state index contributed by atoms with van der Waals surface area (Å²) in [6.45, 7) is 7.19. The molecule has 4 heteroatoms. The van der Waals surface area contributed by atoms with E-state index in [4.69, 9.17) is 5.73 Å². The number of rotatable bonds is 4. The molecule has 1 rings (SSSR count). The van der Waals surface area contributed by atoms with Crippen molar-refractivity contribution in [2.45, 2.75) is 32.9 Å². The molecule has 0 fully saturated rings. The molecular formula is C12H18N2O2. The van der Waals surface area contributed by atoms with Crippen LogP contribution in [0.5, 0.6) is 5.75 Å². The van der Waals surface area contributed by atoms with Gasteiger partial charge < -0.3 is 15.9 Å². The highest BCUT2D eigenvalue weighted by Gasteiger charge is 2.17. The van der Waals surface area contributed by atoms with Crippen LogP contribution in [-0.4, -0.2) is 15.2 Å². The van der Waals surface area contributed by atoms with E-state index in [-0.39, 0.29) is 18.4 Å². The third kappa shape index (κ3) is 2.59. The van der Waals surface area contributed by atoms with E-state index in [9.17, 15) is 10.2 Å². The minimum absolute atomic E-state index is 0.0697. The van der Waals surface area contributed by atoms with Crippen LogP contribution in [0.2, 0.25) is 0 Å². The minimum atomic E-state index is -0.360. The Morgan fingerprint density at radius 1 is 1.62 bits per heavy atom. The summed E-state index contributed by atoms with van der Waals surface area (Å²) in [6.07, 6.45) is 2.12. The molecule has 0 unspecified atom stereocenters. The van der Waals surface area contributed by atoms with Crippen molar-refractivity contribution in [3.8, 4) is 5.75 Å². The highest BCUT2D eigenvalue weighted by atomic mass is 16.3. The number of aliphatic hydroxyl groups excluding tert-OH is 1. The maximum absolute atomic E-state index is 9.91. The van der Waals surface area contributed by atoms with Gasteiger partial charge in [0.1, 0.15) is 5.75 Å². The second-order valence-electron chi connectivity index (χ2n) is 4.06. The lowest BCUT2D eigenvalue weighted by molar-refractivity contribution is 0.278. The third-order valence-corrected chi connectivity index (χ3v) is 2.47. The van der Waals surface area contributed by atoms with Crippen molar-refractivity contribution in [3.63, 3.8) is 0 Å². The Morgan fingerprint density at radius 3 is 2.75 bits per heavy atom. The average Bonchev–Trinajstić information content (AvgIpc) is 2.20.